The van der Waals surface area contributed by atoms with Crippen molar-refractivity contribution in [2.24, 2.45) is 5.73 Å². The average Bonchev–Trinajstić information content (AvgIpc) is 2.96. The standard InChI is InChI=1S/C17H13N3OS2/c18-17(21)15-13-9-23-14-4-2-1-3-12(14)16(13)20(19-15)10-5-7-11(22)8-6-10/h1-8,22H,9H2,(H2,18,21). The molecule has 23 heavy (non-hydrogen) atoms. The maximum absolute atomic E-state index is 11.8. The van der Waals surface area contributed by atoms with Crippen molar-refractivity contribution in [3.63, 3.8) is 0 Å². The molecule has 0 saturated heterocycles. The Morgan fingerprint density at radius 2 is 1.91 bits per heavy atom. The molecule has 6 heteroatoms. The first kappa shape index (κ1) is 14.4. The van der Waals surface area contributed by atoms with E-state index in [9.17, 15) is 4.79 Å². The van der Waals surface area contributed by atoms with Gasteiger partial charge in [0.1, 0.15) is 0 Å². The van der Waals surface area contributed by atoms with E-state index in [1.54, 1.807) is 16.4 Å². The first-order valence-electron chi connectivity index (χ1n) is 7.08. The van der Waals surface area contributed by atoms with Gasteiger partial charge in [-0.15, -0.1) is 24.4 Å². The van der Waals surface area contributed by atoms with E-state index in [2.05, 4.69) is 29.9 Å². The third-order valence-corrected chi connectivity index (χ3v) is 5.22. The van der Waals surface area contributed by atoms with Crippen molar-refractivity contribution in [2.75, 3.05) is 0 Å². The smallest absolute Gasteiger partial charge is 0.269 e. The van der Waals surface area contributed by atoms with Gasteiger partial charge < -0.3 is 5.73 Å². The first-order valence-corrected chi connectivity index (χ1v) is 8.52. The number of fused-ring (bicyclic) bond motifs is 3. The first-order chi connectivity index (χ1) is 11.1. The summed E-state index contributed by atoms with van der Waals surface area (Å²) in [4.78, 5) is 13.9. The van der Waals surface area contributed by atoms with Gasteiger partial charge >= 0.3 is 0 Å². The molecule has 2 N–H and O–H groups in total. The van der Waals surface area contributed by atoms with Crippen molar-refractivity contribution in [1.29, 1.82) is 0 Å². The van der Waals surface area contributed by atoms with Gasteiger partial charge in [0.15, 0.2) is 5.69 Å². The van der Waals surface area contributed by atoms with E-state index in [4.69, 9.17) is 5.73 Å². The highest BCUT2D eigenvalue weighted by Gasteiger charge is 2.28. The molecule has 0 fully saturated rings. The van der Waals surface area contributed by atoms with Gasteiger partial charge in [0.25, 0.3) is 5.91 Å². The number of thiol groups is 1. The van der Waals surface area contributed by atoms with Crippen molar-refractivity contribution in [2.45, 2.75) is 15.5 Å². The average molecular weight is 339 g/mol. The highest BCUT2D eigenvalue weighted by Crippen LogP contribution is 2.43. The van der Waals surface area contributed by atoms with Crippen molar-refractivity contribution in [1.82, 2.24) is 9.78 Å². The van der Waals surface area contributed by atoms with Crippen LogP contribution in [0.2, 0.25) is 0 Å². The fourth-order valence-corrected chi connectivity index (χ4v) is 4.00. The Bertz CT molecular complexity index is 916. The van der Waals surface area contributed by atoms with Gasteiger partial charge in [0, 0.05) is 26.7 Å². The second kappa shape index (κ2) is 5.47. The number of benzene rings is 2. The Hall–Kier alpha value is -2.18. The van der Waals surface area contributed by atoms with Gasteiger partial charge in [-0.25, -0.2) is 4.68 Å². The van der Waals surface area contributed by atoms with E-state index in [0.29, 0.717) is 11.4 Å². The second-order valence-corrected chi connectivity index (χ2v) is 6.79. The number of rotatable bonds is 2. The topological polar surface area (TPSA) is 60.9 Å². The number of thioether (sulfide) groups is 1. The summed E-state index contributed by atoms with van der Waals surface area (Å²) < 4.78 is 1.81. The van der Waals surface area contributed by atoms with Crippen molar-refractivity contribution >= 4 is 30.3 Å². The number of hydrogen-bond donors (Lipinski definition) is 2. The number of amides is 1. The number of carbonyl (C=O) groups is 1. The Kier molecular flexibility index (Phi) is 3.43. The molecule has 0 aliphatic carbocycles. The molecule has 3 aromatic rings. The number of aromatic nitrogens is 2. The molecule has 1 amide bonds. The largest absolute Gasteiger partial charge is 0.364 e. The van der Waals surface area contributed by atoms with Crippen LogP contribution in [0.15, 0.2) is 58.3 Å². The van der Waals surface area contributed by atoms with E-state index < -0.39 is 5.91 Å². The van der Waals surface area contributed by atoms with Crippen molar-refractivity contribution < 1.29 is 4.79 Å². The highest BCUT2D eigenvalue weighted by atomic mass is 32.2. The normalized spacial score (nSPS) is 12.6. The molecule has 1 aliphatic heterocycles. The molecular formula is C17H13N3OS2. The third-order valence-electron chi connectivity index (χ3n) is 3.83. The van der Waals surface area contributed by atoms with Crippen LogP contribution in [0.3, 0.4) is 0 Å². The van der Waals surface area contributed by atoms with Gasteiger partial charge in [-0.3, -0.25) is 4.79 Å². The van der Waals surface area contributed by atoms with Crippen LogP contribution in [0.25, 0.3) is 16.9 Å². The number of hydrogen-bond acceptors (Lipinski definition) is 4. The fourth-order valence-electron chi connectivity index (χ4n) is 2.78. The minimum atomic E-state index is -0.495. The molecule has 0 unspecified atom stereocenters. The summed E-state index contributed by atoms with van der Waals surface area (Å²) in [6.07, 6.45) is 0. The van der Waals surface area contributed by atoms with Crippen LogP contribution in [0, 0.1) is 0 Å². The van der Waals surface area contributed by atoms with Crippen LogP contribution in [-0.4, -0.2) is 15.7 Å². The predicted molar refractivity (Wildman–Crippen MR) is 94.3 cm³/mol. The molecule has 0 bridgehead atoms. The molecule has 2 aromatic carbocycles. The molecule has 2 heterocycles. The molecule has 1 aliphatic rings. The van der Waals surface area contributed by atoms with E-state index in [0.717, 1.165) is 27.4 Å². The van der Waals surface area contributed by atoms with Gasteiger partial charge in [-0.2, -0.15) is 5.10 Å². The van der Waals surface area contributed by atoms with E-state index in [1.807, 2.05) is 36.4 Å². The Morgan fingerprint density at radius 1 is 1.17 bits per heavy atom. The van der Waals surface area contributed by atoms with Gasteiger partial charge in [-0.1, -0.05) is 18.2 Å². The monoisotopic (exact) mass is 339 g/mol. The third kappa shape index (κ3) is 2.34. The summed E-state index contributed by atoms with van der Waals surface area (Å²) in [5.41, 5.74) is 9.69. The lowest BCUT2D eigenvalue weighted by molar-refractivity contribution is 0.0994. The quantitative estimate of drug-likeness (QED) is 0.702. The Balaban J connectivity index is 2.01. The van der Waals surface area contributed by atoms with Crippen LogP contribution < -0.4 is 5.73 Å². The van der Waals surface area contributed by atoms with E-state index in [1.165, 1.54) is 4.90 Å². The molecule has 0 radical (unpaired) electrons. The summed E-state index contributed by atoms with van der Waals surface area (Å²) in [6, 6.07) is 15.8. The maximum atomic E-state index is 11.8. The zero-order valence-electron chi connectivity index (χ0n) is 12.1. The number of nitrogens with zero attached hydrogens (tertiary/aromatic N) is 2. The van der Waals surface area contributed by atoms with Gasteiger partial charge in [0.2, 0.25) is 0 Å². The molecule has 4 nitrogen and oxygen atoms in total. The number of carbonyl (C=O) groups excluding carboxylic acids is 1. The van der Waals surface area contributed by atoms with Crippen LogP contribution in [-0.2, 0) is 5.75 Å². The van der Waals surface area contributed by atoms with Gasteiger partial charge in [-0.05, 0) is 30.3 Å². The Morgan fingerprint density at radius 3 is 2.65 bits per heavy atom. The van der Waals surface area contributed by atoms with Crippen molar-refractivity contribution in [3.05, 3.63) is 59.8 Å². The number of nitrogens with two attached hydrogens (primary N) is 1. The molecular weight excluding hydrogens is 326 g/mol. The summed E-state index contributed by atoms with van der Waals surface area (Å²) in [7, 11) is 0. The molecule has 114 valence electrons. The summed E-state index contributed by atoms with van der Waals surface area (Å²) in [5.74, 6) is 0.195. The lowest BCUT2D eigenvalue weighted by Crippen LogP contribution is -2.14. The highest BCUT2D eigenvalue weighted by molar-refractivity contribution is 7.98. The summed E-state index contributed by atoms with van der Waals surface area (Å²) in [6.45, 7) is 0. The summed E-state index contributed by atoms with van der Waals surface area (Å²) >= 11 is 6.02. The molecule has 1 aromatic heterocycles. The fraction of sp³-hybridized carbons (Fsp3) is 0.0588. The minimum Gasteiger partial charge on any atom is -0.364 e. The number of primary amides is 1. The summed E-state index contributed by atoms with van der Waals surface area (Å²) in [5, 5.41) is 4.49. The van der Waals surface area contributed by atoms with E-state index in [-0.39, 0.29) is 0 Å². The molecule has 0 saturated carbocycles. The lowest BCUT2D eigenvalue weighted by atomic mass is 10.1. The zero-order chi connectivity index (χ0) is 16.0. The maximum Gasteiger partial charge on any atom is 0.269 e. The predicted octanol–water partition coefficient (Wildman–Crippen LogP) is 3.53. The SMILES string of the molecule is NC(=O)c1nn(-c2ccc(S)cc2)c2c1CSc1ccccc1-2. The minimum absolute atomic E-state index is 0.344. The Labute approximate surface area is 143 Å². The lowest BCUT2D eigenvalue weighted by Gasteiger charge is -2.18. The zero-order valence-corrected chi connectivity index (χ0v) is 13.8. The van der Waals surface area contributed by atoms with Crippen molar-refractivity contribution in [3.8, 4) is 16.9 Å². The van der Waals surface area contributed by atoms with E-state index >= 15 is 0 Å². The van der Waals surface area contributed by atoms with Crippen LogP contribution in [0.1, 0.15) is 16.1 Å². The van der Waals surface area contributed by atoms with Gasteiger partial charge in [0.05, 0.1) is 11.4 Å². The molecule has 0 spiro atoms. The molecule has 4 rings (SSSR count). The van der Waals surface area contributed by atoms with Crippen LogP contribution in [0.5, 0.6) is 0 Å². The molecule has 0 atom stereocenters. The van der Waals surface area contributed by atoms with Crippen LogP contribution in [0.4, 0.5) is 0 Å². The van der Waals surface area contributed by atoms with Crippen LogP contribution >= 0.6 is 24.4 Å². The second-order valence-electron chi connectivity index (χ2n) is 5.25.